The Hall–Kier alpha value is -1.89. The first kappa shape index (κ1) is 41.1. The zero-order valence-electron chi connectivity index (χ0n) is 28.3. The van der Waals surface area contributed by atoms with Gasteiger partial charge in [-0.15, -0.1) is 0 Å². The molecule has 0 amide bonds. The molecule has 0 spiro atoms. The molecule has 0 aliphatic heterocycles. The normalized spacial score (nSPS) is 15.3. The van der Waals surface area contributed by atoms with Crippen LogP contribution in [-0.4, -0.2) is 58.8 Å². The Morgan fingerprint density at radius 3 is 1.26 bits per heavy atom. The van der Waals surface area contributed by atoms with Gasteiger partial charge in [0.2, 0.25) is 0 Å². The van der Waals surface area contributed by atoms with Gasteiger partial charge in [-0.05, 0) is 51.4 Å². The van der Waals surface area contributed by atoms with E-state index in [0.29, 0.717) is 25.8 Å². The predicted octanol–water partition coefficient (Wildman–Crippen LogP) is 8.01. The van der Waals surface area contributed by atoms with E-state index in [9.17, 15) is 29.7 Å². The molecule has 3 atom stereocenters. The number of aliphatic carboxylic acids is 3. The van der Waals surface area contributed by atoms with Crippen molar-refractivity contribution in [2.24, 2.45) is 17.8 Å². The van der Waals surface area contributed by atoms with Gasteiger partial charge in [-0.2, -0.15) is 0 Å². The highest BCUT2D eigenvalue weighted by molar-refractivity contribution is 5.70. The van der Waals surface area contributed by atoms with Crippen LogP contribution < -0.4 is 5.11 Å². The third-order valence-corrected chi connectivity index (χ3v) is 9.21. The van der Waals surface area contributed by atoms with Gasteiger partial charge in [-0.3, -0.25) is 9.59 Å². The predicted molar refractivity (Wildman–Crippen MR) is 175 cm³/mol. The van der Waals surface area contributed by atoms with Crippen LogP contribution in [0.4, 0.5) is 0 Å². The zero-order valence-corrected chi connectivity index (χ0v) is 28.3. The topological polar surface area (TPSA) is 115 Å². The van der Waals surface area contributed by atoms with Gasteiger partial charge in [0, 0.05) is 5.92 Å². The highest BCUT2D eigenvalue weighted by Gasteiger charge is 2.39. The maximum Gasteiger partial charge on any atom is 0.312 e. The first-order valence-corrected chi connectivity index (χ1v) is 17.8. The fraction of sp³-hybridized carbons (Fsp3) is 0.861. The van der Waals surface area contributed by atoms with Crippen LogP contribution in [0.5, 0.6) is 0 Å². The summed E-state index contributed by atoms with van der Waals surface area (Å²) in [6, 6.07) is 0. The van der Waals surface area contributed by atoms with E-state index in [2.05, 4.69) is 19.1 Å². The average Bonchev–Trinajstić information content (AvgIpc) is 2.98. The second kappa shape index (κ2) is 26.5. The number of unbranched alkanes of at least 4 members (excludes halogenated alkanes) is 15. The minimum Gasteiger partial charge on any atom is -0.550 e. The second-order valence-electron chi connectivity index (χ2n) is 12.9. The molecule has 0 bridgehead atoms. The highest BCUT2D eigenvalue weighted by atomic mass is 16.4. The van der Waals surface area contributed by atoms with E-state index in [0.717, 1.165) is 19.3 Å². The molecular formula is C36H67NO6. The van der Waals surface area contributed by atoms with Gasteiger partial charge in [-0.25, -0.2) is 0 Å². The summed E-state index contributed by atoms with van der Waals surface area (Å²) in [6.07, 6.45) is 26.8. The summed E-state index contributed by atoms with van der Waals surface area (Å²) < 4.78 is 0.220. The Morgan fingerprint density at radius 2 is 0.907 bits per heavy atom. The maximum atomic E-state index is 12.0. The third-order valence-electron chi connectivity index (χ3n) is 9.21. The molecule has 0 radical (unpaired) electrons. The Balaban J connectivity index is 4.60. The number of rotatable bonds is 31. The molecule has 0 aromatic heterocycles. The molecule has 0 aromatic carbocycles. The number of carboxylic acid groups (broad SMARTS) is 3. The van der Waals surface area contributed by atoms with Gasteiger partial charge >= 0.3 is 11.9 Å². The van der Waals surface area contributed by atoms with Gasteiger partial charge in [0.25, 0.3) is 0 Å². The van der Waals surface area contributed by atoms with Gasteiger partial charge in [-0.1, -0.05) is 117 Å². The van der Waals surface area contributed by atoms with Crippen molar-refractivity contribution in [1.29, 1.82) is 0 Å². The van der Waals surface area contributed by atoms with Crippen molar-refractivity contribution in [3.63, 3.8) is 0 Å². The monoisotopic (exact) mass is 609 g/mol. The van der Waals surface area contributed by atoms with Crippen molar-refractivity contribution in [2.45, 2.75) is 156 Å². The first-order valence-electron chi connectivity index (χ1n) is 17.8. The van der Waals surface area contributed by atoms with E-state index in [1.807, 2.05) is 13.8 Å². The molecule has 252 valence electrons. The van der Waals surface area contributed by atoms with Gasteiger partial charge < -0.3 is 24.6 Å². The summed E-state index contributed by atoms with van der Waals surface area (Å²) in [6.45, 7) is 9.02. The number of hydrogen-bond acceptors (Lipinski definition) is 4. The molecule has 0 aromatic rings. The smallest absolute Gasteiger partial charge is 0.312 e. The van der Waals surface area contributed by atoms with Gasteiger partial charge in [0.1, 0.15) is 11.8 Å². The molecule has 0 saturated heterocycles. The fourth-order valence-corrected chi connectivity index (χ4v) is 6.27. The molecule has 3 unspecified atom stereocenters. The van der Waals surface area contributed by atoms with Crippen LogP contribution in [-0.2, 0) is 14.4 Å². The Labute approximate surface area is 264 Å². The highest BCUT2D eigenvalue weighted by Crippen LogP contribution is 2.25. The Morgan fingerprint density at radius 1 is 0.558 bits per heavy atom. The van der Waals surface area contributed by atoms with E-state index < -0.39 is 35.7 Å². The zero-order chi connectivity index (χ0) is 32.3. The molecule has 0 rings (SSSR count). The molecule has 7 heteroatoms. The molecule has 2 N–H and O–H groups in total. The number of carbonyl (C=O) groups excluding carboxylic acids is 1. The first-order chi connectivity index (χ1) is 20.7. The summed E-state index contributed by atoms with van der Waals surface area (Å²) in [4.78, 5) is 35.8. The summed E-state index contributed by atoms with van der Waals surface area (Å²) in [5, 5.41) is 31.5. The number of carboxylic acids is 3. The Bertz CT molecular complexity index is 692. The second-order valence-corrected chi connectivity index (χ2v) is 12.9. The molecule has 0 aliphatic rings. The van der Waals surface area contributed by atoms with E-state index in [-0.39, 0.29) is 24.1 Å². The van der Waals surface area contributed by atoms with Crippen LogP contribution in [0.2, 0.25) is 0 Å². The van der Waals surface area contributed by atoms with Crippen molar-refractivity contribution in [3.05, 3.63) is 12.2 Å². The van der Waals surface area contributed by atoms with Crippen molar-refractivity contribution >= 4 is 17.9 Å². The number of hydrogen-bond donors (Lipinski definition) is 2. The molecule has 0 fully saturated rings. The lowest BCUT2D eigenvalue weighted by Gasteiger charge is -2.44. The fourth-order valence-electron chi connectivity index (χ4n) is 6.27. The average molecular weight is 610 g/mol. The molecule has 0 aliphatic carbocycles. The van der Waals surface area contributed by atoms with Gasteiger partial charge in [0.15, 0.2) is 0 Å². The van der Waals surface area contributed by atoms with E-state index in [4.69, 9.17) is 0 Å². The van der Waals surface area contributed by atoms with Crippen LogP contribution in [0.15, 0.2) is 12.2 Å². The van der Waals surface area contributed by atoms with Crippen LogP contribution in [0, 0.1) is 17.8 Å². The van der Waals surface area contributed by atoms with Crippen molar-refractivity contribution in [1.82, 2.24) is 0 Å². The maximum absolute atomic E-state index is 12.0. The summed E-state index contributed by atoms with van der Waals surface area (Å²) in [5.74, 6) is -4.94. The number of quaternary nitrogens is 1. The summed E-state index contributed by atoms with van der Waals surface area (Å²) in [7, 11) is 0. The van der Waals surface area contributed by atoms with Crippen molar-refractivity contribution < 1.29 is 34.2 Å². The molecule has 7 nitrogen and oxygen atoms in total. The van der Waals surface area contributed by atoms with Crippen LogP contribution in [0.3, 0.4) is 0 Å². The van der Waals surface area contributed by atoms with E-state index in [1.165, 1.54) is 89.9 Å². The van der Waals surface area contributed by atoms with Gasteiger partial charge in [0.05, 0.1) is 32.1 Å². The number of allylic oxidation sites excluding steroid dienone is 2. The van der Waals surface area contributed by atoms with E-state index in [1.54, 1.807) is 6.92 Å². The lowest BCUT2D eigenvalue weighted by atomic mass is 9.95. The number of nitrogens with zero attached hydrogens (tertiary/aromatic N) is 1. The molecular weight excluding hydrogens is 542 g/mol. The minimum absolute atomic E-state index is 0.220. The van der Waals surface area contributed by atoms with Crippen LogP contribution in [0.25, 0.3) is 0 Å². The molecule has 43 heavy (non-hydrogen) atoms. The van der Waals surface area contributed by atoms with Crippen molar-refractivity contribution in [2.75, 3.05) is 26.2 Å². The van der Waals surface area contributed by atoms with Crippen LogP contribution >= 0.6 is 0 Å². The SMILES string of the molecule is CCC/C=C/CCCCCCCCCCCCCCCC[N+](CC(CC)C(=O)[O-])(CC(CC)C(=O)O)CC(CC)C(=O)O. The summed E-state index contributed by atoms with van der Waals surface area (Å²) >= 11 is 0. The lowest BCUT2D eigenvalue weighted by Crippen LogP contribution is -2.59. The Kier molecular flexibility index (Phi) is 25.3. The van der Waals surface area contributed by atoms with Crippen molar-refractivity contribution in [3.8, 4) is 0 Å². The third kappa shape index (κ3) is 20.7. The summed E-state index contributed by atoms with van der Waals surface area (Å²) in [5.41, 5.74) is 0. The molecule has 0 heterocycles. The number of carbonyl (C=O) groups is 3. The quantitative estimate of drug-likeness (QED) is 0.0467. The standard InChI is InChI=1S/C36H67NO6/c1-5-9-10-11-12-13-14-15-16-17-18-19-20-21-22-23-24-25-26-27-37(28-31(6-2)34(38)39,29-32(7-3)35(40)41)30-33(8-4)36(42)43/h10-11,31-33H,5-9,12-30H2,1-4H3,(H2-,38,39,40,41,42,43)/b11-10+. The molecule has 0 saturated carbocycles. The van der Waals surface area contributed by atoms with Crippen LogP contribution in [0.1, 0.15) is 156 Å². The van der Waals surface area contributed by atoms with E-state index >= 15 is 0 Å². The largest absolute Gasteiger partial charge is 0.550 e. The lowest BCUT2D eigenvalue weighted by molar-refractivity contribution is -0.935. The minimum atomic E-state index is -1.14.